The van der Waals surface area contributed by atoms with Crippen LogP contribution in [0.25, 0.3) is 10.2 Å². The molecule has 0 unspecified atom stereocenters. The van der Waals surface area contributed by atoms with E-state index in [1.54, 1.807) is 19.2 Å². The summed E-state index contributed by atoms with van der Waals surface area (Å²) in [5.74, 6) is 0.602. The zero-order valence-corrected chi connectivity index (χ0v) is 14.0. The summed E-state index contributed by atoms with van der Waals surface area (Å²) in [7, 11) is 1.56. The summed E-state index contributed by atoms with van der Waals surface area (Å²) in [5.41, 5.74) is 1.44. The largest absolute Gasteiger partial charge is 0.495 e. The van der Waals surface area contributed by atoms with Gasteiger partial charge in [-0.05, 0) is 40.2 Å². The molecule has 2 amide bonds. The number of rotatable bonds is 3. The van der Waals surface area contributed by atoms with Crippen molar-refractivity contribution in [3.8, 4) is 5.75 Å². The number of para-hydroxylation sites is 3. The zero-order valence-electron chi connectivity index (χ0n) is 11.6. The number of benzene rings is 2. The van der Waals surface area contributed by atoms with Crippen molar-refractivity contribution in [1.29, 1.82) is 0 Å². The third kappa shape index (κ3) is 3.05. The Balaban J connectivity index is 1.77. The summed E-state index contributed by atoms with van der Waals surface area (Å²) >= 11 is 4.86. The van der Waals surface area contributed by atoms with Crippen LogP contribution in [0, 0.1) is 0 Å². The minimum Gasteiger partial charge on any atom is -0.495 e. The Morgan fingerprint density at radius 1 is 1.18 bits per heavy atom. The van der Waals surface area contributed by atoms with Crippen LogP contribution in [-0.4, -0.2) is 18.1 Å². The number of fused-ring (bicyclic) bond motifs is 1. The third-order valence-electron chi connectivity index (χ3n) is 2.95. The summed E-state index contributed by atoms with van der Waals surface area (Å²) in [6, 6.07) is 12.7. The van der Waals surface area contributed by atoms with Gasteiger partial charge in [-0.15, -0.1) is 0 Å². The molecule has 0 bridgehead atoms. The highest BCUT2D eigenvalue weighted by Crippen LogP contribution is 2.31. The van der Waals surface area contributed by atoms with Gasteiger partial charge in [0, 0.05) is 4.47 Å². The number of halogens is 1. The highest BCUT2D eigenvalue weighted by molar-refractivity contribution is 9.10. The van der Waals surface area contributed by atoms with Crippen LogP contribution < -0.4 is 15.4 Å². The summed E-state index contributed by atoms with van der Waals surface area (Å²) in [4.78, 5) is 16.5. The van der Waals surface area contributed by atoms with Crippen LogP contribution in [0.15, 0.2) is 46.9 Å². The van der Waals surface area contributed by atoms with Gasteiger partial charge in [0.05, 0.1) is 23.0 Å². The van der Waals surface area contributed by atoms with Crippen LogP contribution in [0.5, 0.6) is 5.75 Å². The zero-order chi connectivity index (χ0) is 15.5. The van der Waals surface area contributed by atoms with Gasteiger partial charge in [-0.1, -0.05) is 29.5 Å². The predicted octanol–water partition coefficient (Wildman–Crippen LogP) is 4.71. The van der Waals surface area contributed by atoms with Gasteiger partial charge in [-0.3, -0.25) is 5.32 Å². The van der Waals surface area contributed by atoms with Crippen molar-refractivity contribution < 1.29 is 9.53 Å². The molecule has 1 aromatic heterocycles. The van der Waals surface area contributed by atoms with Gasteiger partial charge >= 0.3 is 6.03 Å². The van der Waals surface area contributed by atoms with Crippen molar-refractivity contribution in [2.75, 3.05) is 17.7 Å². The number of hydrogen-bond donors (Lipinski definition) is 2. The monoisotopic (exact) mass is 377 g/mol. The molecule has 0 aliphatic rings. The summed E-state index contributed by atoms with van der Waals surface area (Å²) in [6.07, 6.45) is 0. The molecule has 0 aliphatic heterocycles. The number of ether oxygens (including phenoxy) is 1. The van der Waals surface area contributed by atoms with Gasteiger partial charge in [0.1, 0.15) is 5.75 Å². The van der Waals surface area contributed by atoms with Crippen LogP contribution in [-0.2, 0) is 0 Å². The molecular weight excluding hydrogens is 366 g/mol. The second-order valence-corrected chi connectivity index (χ2v) is 6.27. The Morgan fingerprint density at radius 3 is 2.77 bits per heavy atom. The van der Waals surface area contributed by atoms with E-state index in [1.165, 1.54) is 11.3 Å². The van der Waals surface area contributed by atoms with E-state index in [-0.39, 0.29) is 6.03 Å². The summed E-state index contributed by atoms with van der Waals surface area (Å²) < 4.78 is 7.10. The second-order valence-electron chi connectivity index (χ2n) is 4.39. The van der Waals surface area contributed by atoms with E-state index in [1.807, 2.05) is 30.3 Å². The number of urea groups is 1. The number of nitrogens with zero attached hydrogens (tertiary/aromatic N) is 1. The molecule has 112 valence electrons. The normalized spacial score (nSPS) is 10.5. The molecule has 2 N–H and O–H groups in total. The number of carbonyl (C=O) groups is 1. The Kier molecular flexibility index (Phi) is 4.26. The molecule has 0 spiro atoms. The Labute approximate surface area is 139 Å². The predicted molar refractivity (Wildman–Crippen MR) is 93.0 cm³/mol. The average molecular weight is 378 g/mol. The fraction of sp³-hybridized carbons (Fsp3) is 0.0667. The van der Waals surface area contributed by atoms with Crippen molar-refractivity contribution >= 4 is 54.3 Å². The molecule has 0 fully saturated rings. The number of aromatic nitrogens is 1. The first-order valence-electron chi connectivity index (χ1n) is 6.43. The second kappa shape index (κ2) is 6.33. The Morgan fingerprint density at radius 2 is 2.00 bits per heavy atom. The van der Waals surface area contributed by atoms with Gasteiger partial charge in [-0.2, -0.15) is 0 Å². The fourth-order valence-electron chi connectivity index (χ4n) is 1.97. The number of thiazole rings is 1. The molecule has 1 heterocycles. The molecule has 3 aromatic rings. The molecule has 0 radical (unpaired) electrons. The van der Waals surface area contributed by atoms with Crippen molar-refractivity contribution in [2.24, 2.45) is 0 Å². The Bertz CT molecular complexity index is 835. The maximum Gasteiger partial charge on any atom is 0.325 e. The molecule has 0 atom stereocenters. The van der Waals surface area contributed by atoms with Crippen LogP contribution in [0.1, 0.15) is 0 Å². The topological polar surface area (TPSA) is 63.2 Å². The molecular formula is C15H12BrN3O2S. The maximum atomic E-state index is 12.1. The van der Waals surface area contributed by atoms with E-state index in [0.29, 0.717) is 16.6 Å². The van der Waals surface area contributed by atoms with Crippen LogP contribution >= 0.6 is 27.3 Å². The van der Waals surface area contributed by atoms with Crippen LogP contribution in [0.3, 0.4) is 0 Å². The Hall–Kier alpha value is -2.12. The molecule has 22 heavy (non-hydrogen) atoms. The molecule has 0 aliphatic carbocycles. The molecule has 0 saturated heterocycles. The lowest BCUT2D eigenvalue weighted by Gasteiger charge is -2.09. The van der Waals surface area contributed by atoms with E-state index < -0.39 is 0 Å². The smallest absolute Gasteiger partial charge is 0.325 e. The average Bonchev–Trinajstić information content (AvgIpc) is 2.91. The fourth-order valence-corrected chi connectivity index (χ4v) is 3.44. The number of amides is 2. The number of nitrogens with one attached hydrogen (secondary N) is 2. The van der Waals surface area contributed by atoms with Crippen molar-refractivity contribution in [1.82, 2.24) is 4.98 Å². The first-order chi connectivity index (χ1) is 10.7. The quantitative estimate of drug-likeness (QED) is 0.694. The lowest BCUT2D eigenvalue weighted by Crippen LogP contribution is -2.19. The number of methoxy groups -OCH3 is 1. The molecule has 5 nitrogen and oxygen atoms in total. The van der Waals surface area contributed by atoms with E-state index >= 15 is 0 Å². The van der Waals surface area contributed by atoms with Gasteiger partial charge in [0.25, 0.3) is 0 Å². The molecule has 0 saturated carbocycles. The SMILES string of the molecule is COc1ccccc1NC(=O)Nc1nc2c(Br)cccc2s1. The van der Waals surface area contributed by atoms with E-state index in [4.69, 9.17) is 4.74 Å². The van der Waals surface area contributed by atoms with E-state index in [2.05, 4.69) is 31.5 Å². The van der Waals surface area contributed by atoms with Crippen molar-refractivity contribution in [3.05, 3.63) is 46.9 Å². The first-order valence-corrected chi connectivity index (χ1v) is 8.04. The summed E-state index contributed by atoms with van der Waals surface area (Å²) in [5, 5.41) is 6.02. The third-order valence-corrected chi connectivity index (χ3v) is 4.52. The van der Waals surface area contributed by atoms with Crippen molar-refractivity contribution in [2.45, 2.75) is 0 Å². The van der Waals surface area contributed by atoms with Gasteiger partial charge in [-0.25, -0.2) is 9.78 Å². The number of carbonyl (C=O) groups excluding carboxylic acids is 1. The minimum atomic E-state index is -0.361. The van der Waals surface area contributed by atoms with Gasteiger partial charge in [0.2, 0.25) is 0 Å². The van der Waals surface area contributed by atoms with Gasteiger partial charge in [0.15, 0.2) is 5.13 Å². The molecule has 2 aromatic carbocycles. The lowest BCUT2D eigenvalue weighted by atomic mass is 10.3. The van der Waals surface area contributed by atoms with E-state index in [0.717, 1.165) is 14.7 Å². The lowest BCUT2D eigenvalue weighted by molar-refractivity contribution is 0.262. The highest BCUT2D eigenvalue weighted by Gasteiger charge is 2.11. The maximum absolute atomic E-state index is 12.1. The standard InChI is InChI=1S/C15H12BrN3O2S/c1-21-11-7-3-2-6-10(11)17-14(20)19-15-18-13-9(16)5-4-8-12(13)22-15/h2-8H,1H3,(H2,17,18,19,20). The van der Waals surface area contributed by atoms with Crippen LogP contribution in [0.2, 0.25) is 0 Å². The van der Waals surface area contributed by atoms with Crippen LogP contribution in [0.4, 0.5) is 15.6 Å². The number of hydrogen-bond acceptors (Lipinski definition) is 4. The highest BCUT2D eigenvalue weighted by atomic mass is 79.9. The van der Waals surface area contributed by atoms with E-state index in [9.17, 15) is 4.79 Å². The van der Waals surface area contributed by atoms with Crippen molar-refractivity contribution in [3.63, 3.8) is 0 Å². The van der Waals surface area contributed by atoms with Gasteiger partial charge < -0.3 is 10.1 Å². The first kappa shape index (κ1) is 14.8. The number of anilines is 2. The molecule has 7 heteroatoms. The minimum absolute atomic E-state index is 0.361. The summed E-state index contributed by atoms with van der Waals surface area (Å²) in [6.45, 7) is 0. The molecule has 3 rings (SSSR count).